The van der Waals surface area contributed by atoms with Gasteiger partial charge in [-0.1, -0.05) is 81.6 Å². The first-order chi connectivity index (χ1) is 13.2. The highest BCUT2D eigenvalue weighted by atomic mass is 35.5. The van der Waals surface area contributed by atoms with Crippen molar-refractivity contribution >= 4 is 35.4 Å². The summed E-state index contributed by atoms with van der Waals surface area (Å²) in [6.07, 6.45) is 0. The molecule has 0 saturated heterocycles. The average molecular weight is 439 g/mol. The minimum atomic E-state index is 0.352. The number of aromatic nitrogens is 4. The van der Waals surface area contributed by atoms with Crippen LogP contribution >= 0.6 is 35.4 Å². The predicted molar refractivity (Wildman–Crippen MR) is 124 cm³/mol. The number of rotatable bonds is 2. The summed E-state index contributed by atoms with van der Waals surface area (Å²) in [4.78, 5) is 3.99. The molecule has 0 amide bonds. The van der Waals surface area contributed by atoms with Crippen molar-refractivity contribution < 1.29 is 0 Å². The zero-order valence-electron chi connectivity index (χ0n) is 17.5. The zero-order chi connectivity index (χ0) is 21.4. The number of hydrogen-bond acceptors (Lipinski definition) is 3. The highest BCUT2D eigenvalue weighted by Gasteiger charge is 2.14. The Kier molecular flexibility index (Phi) is 9.87. The first-order valence-electron chi connectivity index (χ1n) is 9.25. The van der Waals surface area contributed by atoms with E-state index in [0.717, 1.165) is 34.0 Å². The third-order valence-corrected chi connectivity index (χ3v) is 4.12. The summed E-state index contributed by atoms with van der Waals surface area (Å²) >= 11 is 17.3. The van der Waals surface area contributed by atoms with E-state index in [1.165, 1.54) is 0 Å². The molecule has 1 aromatic carbocycles. The minimum Gasteiger partial charge on any atom is -0.303 e. The Morgan fingerprint density at radius 1 is 1.00 bits per heavy atom. The average Bonchev–Trinajstić information content (AvgIpc) is 2.94. The van der Waals surface area contributed by atoms with Crippen LogP contribution in [0.5, 0.6) is 0 Å². The summed E-state index contributed by atoms with van der Waals surface area (Å²) < 4.78 is 2.39. The van der Waals surface area contributed by atoms with Crippen molar-refractivity contribution in [2.24, 2.45) is 13.0 Å². The first-order valence-corrected chi connectivity index (χ1v) is 10.4. The van der Waals surface area contributed by atoms with E-state index in [1.807, 2.05) is 44.5 Å². The fourth-order valence-electron chi connectivity index (χ4n) is 2.30. The maximum Gasteiger partial charge on any atom is 0.195 e. The van der Waals surface area contributed by atoms with Gasteiger partial charge in [-0.15, -0.1) is 0 Å². The number of halogens is 2. The Labute approximate surface area is 182 Å². The third-order valence-electron chi connectivity index (χ3n) is 3.37. The lowest BCUT2D eigenvalue weighted by Gasteiger charge is -2.11. The minimum absolute atomic E-state index is 0.352. The summed E-state index contributed by atoms with van der Waals surface area (Å²) in [7, 11) is 1.87. The second-order valence-corrected chi connectivity index (χ2v) is 7.85. The number of H-pyrrole nitrogens is 1. The fraction of sp³-hybridized carbons (Fsp3) is 0.381. The van der Waals surface area contributed by atoms with E-state index in [9.17, 15) is 0 Å². The quantitative estimate of drug-likeness (QED) is 0.332. The van der Waals surface area contributed by atoms with E-state index in [4.69, 9.17) is 35.4 Å². The molecule has 0 saturated carbocycles. The maximum absolute atomic E-state index is 6.03. The largest absolute Gasteiger partial charge is 0.303 e. The van der Waals surface area contributed by atoms with Gasteiger partial charge in [-0.05, 0) is 48.3 Å². The van der Waals surface area contributed by atoms with Gasteiger partial charge in [0.05, 0.1) is 0 Å². The van der Waals surface area contributed by atoms with Gasteiger partial charge in [0.15, 0.2) is 10.6 Å². The Morgan fingerprint density at radius 2 is 1.54 bits per heavy atom. The molecular formula is C21H28Cl2N4S. The molecule has 3 rings (SSSR count). The fourth-order valence-corrected chi connectivity index (χ4v) is 2.89. The van der Waals surface area contributed by atoms with Crippen LogP contribution in [0.4, 0.5) is 0 Å². The van der Waals surface area contributed by atoms with Gasteiger partial charge in [0.1, 0.15) is 10.3 Å². The number of aromatic amines is 1. The van der Waals surface area contributed by atoms with Crippen LogP contribution in [-0.4, -0.2) is 19.7 Å². The van der Waals surface area contributed by atoms with Crippen LogP contribution in [0.25, 0.3) is 22.5 Å². The molecule has 0 fully saturated rings. The summed E-state index contributed by atoms with van der Waals surface area (Å²) in [6.45, 7) is 12.5. The van der Waals surface area contributed by atoms with Crippen LogP contribution in [0, 0.1) is 17.6 Å². The Bertz CT molecular complexity index is 938. The number of benzene rings is 1. The SMILES string of the molecule is CC.CC(C)C.Cc1ccc(-c2n[nH]c(=S)n2C)c(-c2cc(Cl)nc(Cl)c2)c1. The standard InChI is InChI=1S/C15H12Cl2N4S.C4H10.C2H6/c1-8-3-4-10(14-19-20-15(22)21(14)2)11(5-8)9-6-12(16)18-13(17)7-9;1-4(2)3;1-2/h3-7H,1-2H3,(H,20,22);4H,1-3H3;1-2H3. The second-order valence-electron chi connectivity index (χ2n) is 6.69. The van der Waals surface area contributed by atoms with Crippen LogP contribution in [0.1, 0.15) is 40.2 Å². The molecule has 2 heterocycles. The Balaban J connectivity index is 0.000000583. The van der Waals surface area contributed by atoms with Crippen molar-refractivity contribution in [2.45, 2.75) is 41.5 Å². The highest BCUT2D eigenvalue weighted by molar-refractivity contribution is 7.71. The van der Waals surface area contributed by atoms with E-state index in [-0.39, 0.29) is 0 Å². The molecule has 0 aliphatic rings. The van der Waals surface area contributed by atoms with Gasteiger partial charge in [-0.2, -0.15) is 5.10 Å². The highest BCUT2D eigenvalue weighted by Crippen LogP contribution is 2.33. The van der Waals surface area contributed by atoms with Crippen molar-refractivity contribution in [2.75, 3.05) is 0 Å². The normalized spacial score (nSPS) is 10.1. The van der Waals surface area contributed by atoms with E-state index in [1.54, 1.807) is 12.1 Å². The molecule has 0 aliphatic heterocycles. The summed E-state index contributed by atoms with van der Waals surface area (Å²) in [5, 5.41) is 7.82. The lowest BCUT2D eigenvalue weighted by atomic mass is 9.98. The lowest BCUT2D eigenvalue weighted by molar-refractivity contribution is 0.737. The van der Waals surface area contributed by atoms with Crippen LogP contribution in [-0.2, 0) is 7.05 Å². The molecule has 28 heavy (non-hydrogen) atoms. The third kappa shape index (κ3) is 6.73. The summed E-state index contributed by atoms with van der Waals surface area (Å²) in [6, 6.07) is 9.67. The molecule has 0 aliphatic carbocycles. The van der Waals surface area contributed by atoms with Crippen LogP contribution in [0.2, 0.25) is 10.3 Å². The molecule has 0 unspecified atom stereocenters. The number of pyridine rings is 1. The van der Waals surface area contributed by atoms with Crippen molar-refractivity contribution in [3.63, 3.8) is 0 Å². The van der Waals surface area contributed by atoms with Crippen molar-refractivity contribution in [3.8, 4) is 22.5 Å². The Morgan fingerprint density at radius 3 is 2.00 bits per heavy atom. The molecule has 0 spiro atoms. The van der Waals surface area contributed by atoms with Gasteiger partial charge in [-0.3, -0.25) is 5.10 Å². The molecule has 0 bridgehead atoms. The van der Waals surface area contributed by atoms with Gasteiger partial charge in [0.2, 0.25) is 0 Å². The molecule has 4 nitrogen and oxygen atoms in total. The number of nitrogens with zero attached hydrogens (tertiary/aromatic N) is 3. The number of aryl methyl sites for hydroxylation is 1. The van der Waals surface area contributed by atoms with Gasteiger partial charge in [0.25, 0.3) is 0 Å². The zero-order valence-corrected chi connectivity index (χ0v) is 19.8. The molecule has 0 radical (unpaired) electrons. The molecule has 3 aromatic rings. The molecular weight excluding hydrogens is 411 g/mol. The topological polar surface area (TPSA) is 46.5 Å². The van der Waals surface area contributed by atoms with Gasteiger partial charge in [-0.25, -0.2) is 4.98 Å². The molecule has 152 valence electrons. The van der Waals surface area contributed by atoms with E-state index in [2.05, 4.69) is 42.0 Å². The predicted octanol–water partition coefficient (Wildman–Crippen LogP) is 7.51. The van der Waals surface area contributed by atoms with E-state index >= 15 is 0 Å². The van der Waals surface area contributed by atoms with Crippen molar-refractivity contribution in [1.29, 1.82) is 0 Å². The number of nitrogens with one attached hydrogen (secondary N) is 1. The lowest BCUT2D eigenvalue weighted by Crippen LogP contribution is -1.96. The first kappa shape index (κ1) is 24.3. The second kappa shape index (κ2) is 11.3. The van der Waals surface area contributed by atoms with Crippen LogP contribution in [0.15, 0.2) is 30.3 Å². The van der Waals surface area contributed by atoms with Crippen LogP contribution in [0.3, 0.4) is 0 Å². The maximum atomic E-state index is 6.03. The number of hydrogen-bond donors (Lipinski definition) is 1. The summed E-state index contributed by atoms with van der Waals surface area (Å²) in [5.74, 6) is 1.59. The smallest absolute Gasteiger partial charge is 0.195 e. The van der Waals surface area contributed by atoms with Gasteiger partial charge >= 0.3 is 0 Å². The van der Waals surface area contributed by atoms with Crippen molar-refractivity contribution in [3.05, 3.63) is 51.0 Å². The van der Waals surface area contributed by atoms with Gasteiger partial charge in [0, 0.05) is 12.6 Å². The summed E-state index contributed by atoms with van der Waals surface area (Å²) in [5.41, 5.74) is 3.93. The Hall–Kier alpha value is -1.69. The molecule has 2 aromatic heterocycles. The van der Waals surface area contributed by atoms with E-state index in [0.29, 0.717) is 15.1 Å². The van der Waals surface area contributed by atoms with Crippen LogP contribution < -0.4 is 0 Å². The van der Waals surface area contributed by atoms with Gasteiger partial charge < -0.3 is 4.57 Å². The van der Waals surface area contributed by atoms with E-state index < -0.39 is 0 Å². The molecule has 1 N–H and O–H groups in total. The monoisotopic (exact) mass is 438 g/mol. The van der Waals surface area contributed by atoms with Crippen molar-refractivity contribution in [1.82, 2.24) is 19.7 Å². The molecule has 0 atom stereocenters. The molecule has 7 heteroatoms.